The molecule has 51 heavy (non-hydrogen) atoms. The summed E-state index contributed by atoms with van der Waals surface area (Å²) in [7, 11) is -3.89. The van der Waals surface area contributed by atoms with Crippen LogP contribution in [-0.4, -0.2) is 87.8 Å². The number of amides is 1. The number of hydrogen-bond acceptors (Lipinski definition) is 7. The third kappa shape index (κ3) is 8.17. The highest BCUT2D eigenvalue weighted by molar-refractivity contribution is 7.90. The van der Waals surface area contributed by atoms with Gasteiger partial charge in [0.2, 0.25) is 10.0 Å². The van der Waals surface area contributed by atoms with Crippen molar-refractivity contribution in [2.45, 2.75) is 89.3 Å². The number of carbonyl (C=O) groups is 1. The Labute approximate surface area is 311 Å². The number of hydrogen-bond donors (Lipinski definition) is 1. The highest BCUT2D eigenvalue weighted by Gasteiger charge is 2.40. The molecule has 8 nitrogen and oxygen atoms in total. The Morgan fingerprint density at radius 3 is 2.65 bits per heavy atom. The van der Waals surface area contributed by atoms with Gasteiger partial charge in [-0.15, -0.1) is 0 Å². The van der Waals surface area contributed by atoms with E-state index in [1.165, 1.54) is 49.8 Å². The number of carbonyl (C=O) groups excluding carboxylic acids is 1. The van der Waals surface area contributed by atoms with Crippen LogP contribution in [0, 0.1) is 23.7 Å². The molecule has 5 aliphatic rings. The van der Waals surface area contributed by atoms with Crippen molar-refractivity contribution in [1.29, 1.82) is 0 Å². The Kier molecular flexibility index (Phi) is 11.4. The van der Waals surface area contributed by atoms with Gasteiger partial charge in [0.25, 0.3) is 5.91 Å². The molecule has 1 saturated carbocycles. The molecule has 0 spiro atoms. The summed E-state index contributed by atoms with van der Waals surface area (Å²) < 4.78 is 36.0. The molecule has 7 rings (SSSR count). The lowest BCUT2D eigenvalue weighted by molar-refractivity contribution is 0.0283. The average Bonchev–Trinajstić information content (AvgIpc) is 3.28. The second kappa shape index (κ2) is 15.8. The fraction of sp³-hybridized carbons (Fsp3) is 0.634. The Hall–Kier alpha value is -2.59. The van der Waals surface area contributed by atoms with Crippen LogP contribution in [0.3, 0.4) is 0 Å². The number of benzene rings is 2. The van der Waals surface area contributed by atoms with Gasteiger partial charge >= 0.3 is 0 Å². The quantitative estimate of drug-likeness (QED) is 0.327. The zero-order chi connectivity index (χ0) is 35.7. The molecule has 2 aromatic carbocycles. The molecule has 1 N–H and O–H groups in total. The standard InChI is InChI=1S/C41H57ClN4O4S/c1-4-8-30-21-35(42)14-16-37(30)34-25-46-24-33-12-15-38(33)32(23-44-19-20-45-18-6-5-11-36(45)26-44)10-7-9-28(2)29(3)51(48,49)43-41(47)31-13-17-40(50-27-34)39(46)22-31/h7,10,13-14,16-17,21-22,28-29,32-34,36,38H,4-6,8-9,11-12,15,18-20,23-27H2,1-3H3,(H,43,47)/b10-7+/t28-,29+,32?,33-,34-,36+,38-/m0/s1. The van der Waals surface area contributed by atoms with Crippen molar-refractivity contribution in [2.24, 2.45) is 23.7 Å². The minimum atomic E-state index is -3.89. The number of halogens is 1. The fourth-order valence-corrected chi connectivity index (χ4v) is 10.9. The van der Waals surface area contributed by atoms with Crippen molar-refractivity contribution in [3.63, 3.8) is 0 Å². The van der Waals surface area contributed by atoms with Gasteiger partial charge in [0, 0.05) is 61.8 Å². The van der Waals surface area contributed by atoms with Crippen LogP contribution in [0.5, 0.6) is 5.75 Å². The molecule has 10 heteroatoms. The fourth-order valence-electron chi connectivity index (χ4n) is 9.39. The molecule has 2 saturated heterocycles. The first-order valence-electron chi connectivity index (χ1n) is 19.6. The second-order valence-electron chi connectivity index (χ2n) is 16.1. The molecular formula is C41H57ClN4O4S. The molecule has 4 aliphatic heterocycles. The lowest BCUT2D eigenvalue weighted by Crippen LogP contribution is -2.56. The van der Waals surface area contributed by atoms with Gasteiger partial charge in [-0.25, -0.2) is 13.1 Å². The summed E-state index contributed by atoms with van der Waals surface area (Å²) in [6, 6.07) is 12.3. The number of sulfonamides is 1. The number of allylic oxidation sites excluding steroid dienone is 1. The first-order chi connectivity index (χ1) is 24.6. The number of fused-ring (bicyclic) bond motifs is 3. The van der Waals surface area contributed by atoms with E-state index >= 15 is 0 Å². The van der Waals surface area contributed by atoms with E-state index in [0.29, 0.717) is 42.4 Å². The van der Waals surface area contributed by atoms with Crippen LogP contribution in [0.2, 0.25) is 5.02 Å². The van der Waals surface area contributed by atoms with Gasteiger partial charge in [0.15, 0.2) is 0 Å². The maximum absolute atomic E-state index is 13.5. The Morgan fingerprint density at radius 2 is 1.84 bits per heavy atom. The Balaban J connectivity index is 1.22. The number of piperidine rings is 1. The summed E-state index contributed by atoms with van der Waals surface area (Å²) in [6.07, 6.45) is 13.6. The summed E-state index contributed by atoms with van der Waals surface area (Å²) in [5, 5.41) is 0.0343. The maximum atomic E-state index is 13.5. The minimum absolute atomic E-state index is 0.114. The molecule has 1 amide bonds. The van der Waals surface area contributed by atoms with Crippen molar-refractivity contribution < 1.29 is 17.9 Å². The lowest BCUT2D eigenvalue weighted by atomic mass is 9.66. The maximum Gasteiger partial charge on any atom is 0.264 e. The van der Waals surface area contributed by atoms with Gasteiger partial charge in [-0.05, 0) is 117 Å². The van der Waals surface area contributed by atoms with Crippen LogP contribution in [0.4, 0.5) is 5.69 Å². The van der Waals surface area contributed by atoms with Crippen LogP contribution >= 0.6 is 11.6 Å². The van der Waals surface area contributed by atoms with Crippen molar-refractivity contribution >= 4 is 33.2 Å². The lowest BCUT2D eigenvalue weighted by Gasteiger charge is -2.48. The van der Waals surface area contributed by atoms with Crippen LogP contribution in [0.25, 0.3) is 0 Å². The van der Waals surface area contributed by atoms with E-state index in [1.807, 2.05) is 25.1 Å². The summed E-state index contributed by atoms with van der Waals surface area (Å²) in [5.41, 5.74) is 3.73. The van der Waals surface area contributed by atoms with Gasteiger partial charge in [-0.1, -0.05) is 56.5 Å². The number of nitrogens with zero attached hydrogens (tertiary/aromatic N) is 3. The van der Waals surface area contributed by atoms with E-state index in [2.05, 4.69) is 50.6 Å². The molecule has 7 atom stereocenters. The average molecular weight is 737 g/mol. The molecule has 1 aliphatic carbocycles. The molecule has 2 aromatic rings. The molecule has 0 aromatic heterocycles. The first-order valence-corrected chi connectivity index (χ1v) is 21.5. The van der Waals surface area contributed by atoms with Crippen LogP contribution in [-0.2, 0) is 16.4 Å². The predicted molar refractivity (Wildman–Crippen MR) is 206 cm³/mol. The molecule has 0 radical (unpaired) electrons. The number of aryl methyl sites for hydroxylation is 1. The van der Waals surface area contributed by atoms with Gasteiger partial charge in [0.1, 0.15) is 5.75 Å². The van der Waals surface area contributed by atoms with Gasteiger partial charge in [-0.2, -0.15) is 0 Å². The van der Waals surface area contributed by atoms with Crippen molar-refractivity contribution in [3.8, 4) is 5.75 Å². The van der Waals surface area contributed by atoms with Crippen molar-refractivity contribution in [2.75, 3.05) is 57.3 Å². The van der Waals surface area contributed by atoms with Crippen molar-refractivity contribution in [3.05, 3.63) is 70.3 Å². The largest absolute Gasteiger partial charge is 0.491 e. The molecule has 4 heterocycles. The topological polar surface area (TPSA) is 82.2 Å². The van der Waals surface area contributed by atoms with Gasteiger partial charge in [0.05, 0.1) is 17.5 Å². The van der Waals surface area contributed by atoms with Crippen LogP contribution < -0.4 is 14.4 Å². The van der Waals surface area contributed by atoms with E-state index in [1.54, 1.807) is 13.0 Å². The molecule has 2 bridgehead atoms. The first kappa shape index (κ1) is 36.8. The second-order valence-corrected chi connectivity index (χ2v) is 18.6. The zero-order valence-electron chi connectivity index (χ0n) is 30.7. The summed E-state index contributed by atoms with van der Waals surface area (Å²) >= 11 is 6.49. The Bertz CT molecular complexity index is 1700. The highest BCUT2D eigenvalue weighted by atomic mass is 35.5. The smallest absolute Gasteiger partial charge is 0.264 e. The number of nitrogens with one attached hydrogen (secondary N) is 1. The van der Waals surface area contributed by atoms with E-state index in [-0.39, 0.29) is 11.8 Å². The number of ether oxygens (including phenoxy) is 1. The number of rotatable bonds is 5. The third-order valence-electron chi connectivity index (χ3n) is 12.8. The summed E-state index contributed by atoms with van der Waals surface area (Å²) in [5.74, 6) is 1.57. The zero-order valence-corrected chi connectivity index (χ0v) is 32.3. The number of anilines is 1. The van der Waals surface area contributed by atoms with Gasteiger partial charge in [-0.3, -0.25) is 14.6 Å². The normalized spacial score (nSPS) is 32.4. The van der Waals surface area contributed by atoms with E-state index in [0.717, 1.165) is 68.6 Å². The molecule has 3 fully saturated rings. The predicted octanol–water partition coefficient (Wildman–Crippen LogP) is 7.13. The molecule has 1 unspecified atom stereocenters. The molecule has 278 valence electrons. The van der Waals surface area contributed by atoms with E-state index in [9.17, 15) is 13.2 Å². The number of piperazine rings is 1. The monoisotopic (exact) mass is 736 g/mol. The SMILES string of the molecule is CCCc1cc(Cl)ccc1[C@@H]1COc2ccc3cc2N(C1)C[C@@H]1CC[C@H]1C(CN1CCN2CCCC[C@@H]2C1)/C=C/C[C@H](C)[C@@H](C)S(=O)(=O)NC3=O. The van der Waals surface area contributed by atoms with Crippen LogP contribution in [0.15, 0.2) is 48.6 Å². The molecular weight excluding hydrogens is 680 g/mol. The highest BCUT2D eigenvalue weighted by Crippen LogP contribution is 2.45. The third-order valence-corrected chi connectivity index (χ3v) is 14.9. The minimum Gasteiger partial charge on any atom is -0.491 e. The summed E-state index contributed by atoms with van der Waals surface area (Å²) in [6.45, 7) is 13.7. The van der Waals surface area contributed by atoms with Gasteiger partial charge < -0.3 is 9.64 Å². The van der Waals surface area contributed by atoms with E-state index in [4.69, 9.17) is 16.3 Å². The van der Waals surface area contributed by atoms with E-state index < -0.39 is 21.2 Å². The summed E-state index contributed by atoms with van der Waals surface area (Å²) in [4.78, 5) is 21.4. The van der Waals surface area contributed by atoms with Crippen LogP contribution in [0.1, 0.15) is 93.1 Å². The Morgan fingerprint density at radius 1 is 0.980 bits per heavy atom. The van der Waals surface area contributed by atoms with Crippen molar-refractivity contribution in [1.82, 2.24) is 14.5 Å².